The van der Waals surface area contributed by atoms with Crippen molar-refractivity contribution in [3.63, 3.8) is 0 Å². The second-order valence-electron chi connectivity index (χ2n) is 5.41. The Bertz CT molecular complexity index is 639. The first-order valence-electron chi connectivity index (χ1n) is 7.24. The molecule has 112 valence electrons. The smallest absolute Gasteiger partial charge is 0.171 e. The molecule has 21 heavy (non-hydrogen) atoms. The summed E-state index contributed by atoms with van der Waals surface area (Å²) in [6, 6.07) is 5.60. The minimum Gasteiger partial charge on any atom is -0.484 e. The molecule has 1 aliphatic heterocycles. The zero-order valence-electron chi connectivity index (χ0n) is 12.1. The first kappa shape index (κ1) is 14.4. The normalized spacial score (nSPS) is 15.6. The largest absolute Gasteiger partial charge is 0.484 e. The Morgan fingerprint density at radius 2 is 2.24 bits per heavy atom. The Morgan fingerprint density at radius 1 is 1.38 bits per heavy atom. The lowest BCUT2D eigenvalue weighted by molar-refractivity contribution is 0.286. The summed E-state index contributed by atoms with van der Waals surface area (Å²) in [4.78, 5) is 0. The Hall–Kier alpha value is -1.59. The molecule has 2 aromatic rings. The van der Waals surface area contributed by atoms with Crippen LogP contribution in [0.25, 0.3) is 0 Å². The lowest BCUT2D eigenvalue weighted by atomic mass is 10.1. The standard InChI is InChI=1S/C15H19ClN4O/c1-10(17)11-5-6-13(12(16)8-11)21-9-15-19-18-14-4-2-3-7-20(14)15/h5-6,8,10H,2-4,7,9,17H2,1H3/t10-/m0/s1. The van der Waals surface area contributed by atoms with Crippen LogP contribution in [-0.2, 0) is 19.6 Å². The van der Waals surface area contributed by atoms with Crippen molar-refractivity contribution in [1.29, 1.82) is 0 Å². The molecule has 0 aliphatic carbocycles. The molecule has 0 saturated carbocycles. The topological polar surface area (TPSA) is 66.0 Å². The van der Waals surface area contributed by atoms with Crippen LogP contribution in [-0.4, -0.2) is 14.8 Å². The highest BCUT2D eigenvalue weighted by molar-refractivity contribution is 6.32. The molecule has 1 aromatic heterocycles. The molecule has 0 amide bonds. The van der Waals surface area contributed by atoms with E-state index in [-0.39, 0.29) is 6.04 Å². The molecule has 1 atom stereocenters. The fourth-order valence-corrected chi connectivity index (χ4v) is 2.78. The predicted octanol–water partition coefficient (Wildman–Crippen LogP) is 2.87. The second kappa shape index (κ2) is 6.03. The summed E-state index contributed by atoms with van der Waals surface area (Å²) in [6.07, 6.45) is 3.35. The van der Waals surface area contributed by atoms with Crippen molar-refractivity contribution in [2.45, 2.75) is 45.4 Å². The summed E-state index contributed by atoms with van der Waals surface area (Å²) in [6.45, 7) is 3.28. The number of ether oxygens (including phenoxy) is 1. The van der Waals surface area contributed by atoms with E-state index in [1.807, 2.05) is 25.1 Å². The van der Waals surface area contributed by atoms with Crippen molar-refractivity contribution >= 4 is 11.6 Å². The van der Waals surface area contributed by atoms with E-state index >= 15 is 0 Å². The Labute approximate surface area is 129 Å². The van der Waals surface area contributed by atoms with E-state index in [0.29, 0.717) is 17.4 Å². The van der Waals surface area contributed by atoms with Crippen molar-refractivity contribution in [2.75, 3.05) is 0 Å². The van der Waals surface area contributed by atoms with Gasteiger partial charge in [-0.05, 0) is 37.5 Å². The maximum Gasteiger partial charge on any atom is 0.171 e. The summed E-state index contributed by atoms with van der Waals surface area (Å²) >= 11 is 6.23. The zero-order chi connectivity index (χ0) is 14.8. The number of hydrogen-bond donors (Lipinski definition) is 1. The molecule has 3 rings (SSSR count). The highest BCUT2D eigenvalue weighted by atomic mass is 35.5. The summed E-state index contributed by atoms with van der Waals surface area (Å²) in [5.74, 6) is 2.56. The van der Waals surface area contributed by atoms with Gasteiger partial charge in [-0.15, -0.1) is 10.2 Å². The lowest BCUT2D eigenvalue weighted by Crippen LogP contribution is -2.14. The maximum atomic E-state index is 6.23. The van der Waals surface area contributed by atoms with Crippen molar-refractivity contribution in [3.05, 3.63) is 40.4 Å². The number of halogens is 1. The van der Waals surface area contributed by atoms with Crippen molar-refractivity contribution < 1.29 is 4.74 Å². The van der Waals surface area contributed by atoms with E-state index in [0.717, 1.165) is 30.2 Å². The molecule has 0 unspecified atom stereocenters. The number of nitrogens with two attached hydrogens (primary N) is 1. The van der Waals surface area contributed by atoms with Crippen molar-refractivity contribution in [2.24, 2.45) is 5.73 Å². The van der Waals surface area contributed by atoms with Crippen LogP contribution in [0.2, 0.25) is 5.02 Å². The number of rotatable bonds is 4. The SMILES string of the molecule is C[C@H](N)c1ccc(OCc2nnc3n2CCCC3)c(Cl)c1. The first-order chi connectivity index (χ1) is 10.1. The molecule has 5 nitrogen and oxygen atoms in total. The maximum absolute atomic E-state index is 6.23. The molecule has 0 bridgehead atoms. The Morgan fingerprint density at radius 3 is 3.00 bits per heavy atom. The molecule has 1 aromatic carbocycles. The number of hydrogen-bond acceptors (Lipinski definition) is 4. The third-order valence-electron chi connectivity index (χ3n) is 3.77. The van der Waals surface area contributed by atoms with Crippen LogP contribution in [0, 0.1) is 0 Å². The molecule has 2 N–H and O–H groups in total. The summed E-state index contributed by atoms with van der Waals surface area (Å²) in [7, 11) is 0. The Balaban J connectivity index is 1.72. The predicted molar refractivity (Wildman–Crippen MR) is 81.3 cm³/mol. The monoisotopic (exact) mass is 306 g/mol. The molecule has 0 saturated heterocycles. The van der Waals surface area contributed by atoms with Gasteiger partial charge >= 0.3 is 0 Å². The molecule has 0 fully saturated rings. The lowest BCUT2D eigenvalue weighted by Gasteiger charge is -2.15. The number of fused-ring (bicyclic) bond motifs is 1. The van der Waals surface area contributed by atoms with Crippen LogP contribution in [0.4, 0.5) is 0 Å². The van der Waals surface area contributed by atoms with E-state index in [9.17, 15) is 0 Å². The van der Waals surface area contributed by atoms with Gasteiger partial charge in [0.2, 0.25) is 0 Å². The number of aromatic nitrogens is 3. The zero-order valence-corrected chi connectivity index (χ0v) is 12.8. The van der Waals surface area contributed by atoms with Gasteiger partial charge < -0.3 is 15.0 Å². The third kappa shape index (κ3) is 3.04. The second-order valence-corrected chi connectivity index (χ2v) is 5.82. The molecular formula is C15H19ClN4O. The van der Waals surface area contributed by atoms with Gasteiger partial charge in [-0.1, -0.05) is 17.7 Å². The van der Waals surface area contributed by atoms with Gasteiger partial charge in [0.25, 0.3) is 0 Å². The van der Waals surface area contributed by atoms with Gasteiger partial charge in [0.05, 0.1) is 5.02 Å². The van der Waals surface area contributed by atoms with Gasteiger partial charge in [0.1, 0.15) is 18.2 Å². The van der Waals surface area contributed by atoms with Gasteiger partial charge in [0, 0.05) is 19.0 Å². The summed E-state index contributed by atoms with van der Waals surface area (Å²) < 4.78 is 7.93. The van der Waals surface area contributed by atoms with Crippen LogP contribution in [0.1, 0.15) is 43.0 Å². The molecular weight excluding hydrogens is 288 g/mol. The number of benzene rings is 1. The van der Waals surface area contributed by atoms with E-state index in [1.165, 1.54) is 12.8 Å². The minimum absolute atomic E-state index is 0.0416. The van der Waals surface area contributed by atoms with Crippen molar-refractivity contribution in [3.8, 4) is 5.75 Å². The van der Waals surface area contributed by atoms with Gasteiger partial charge in [-0.2, -0.15) is 0 Å². The van der Waals surface area contributed by atoms with Crippen LogP contribution >= 0.6 is 11.6 Å². The first-order valence-corrected chi connectivity index (χ1v) is 7.61. The molecule has 0 radical (unpaired) electrons. The van der Waals surface area contributed by atoms with Gasteiger partial charge in [-0.25, -0.2) is 0 Å². The number of nitrogens with zero attached hydrogens (tertiary/aromatic N) is 3. The van der Waals surface area contributed by atoms with Crippen LogP contribution in [0.15, 0.2) is 18.2 Å². The molecule has 6 heteroatoms. The van der Waals surface area contributed by atoms with E-state index in [2.05, 4.69) is 14.8 Å². The van der Waals surface area contributed by atoms with Crippen LogP contribution in [0.5, 0.6) is 5.75 Å². The number of aryl methyl sites for hydroxylation is 1. The summed E-state index contributed by atoms with van der Waals surface area (Å²) in [5, 5.41) is 9.00. The third-order valence-corrected chi connectivity index (χ3v) is 4.07. The average molecular weight is 307 g/mol. The van der Waals surface area contributed by atoms with E-state index in [4.69, 9.17) is 22.1 Å². The van der Waals surface area contributed by atoms with Gasteiger partial charge in [-0.3, -0.25) is 0 Å². The minimum atomic E-state index is -0.0416. The van der Waals surface area contributed by atoms with E-state index < -0.39 is 0 Å². The molecule has 2 heterocycles. The van der Waals surface area contributed by atoms with Crippen molar-refractivity contribution in [1.82, 2.24) is 14.8 Å². The highest BCUT2D eigenvalue weighted by Gasteiger charge is 2.16. The van der Waals surface area contributed by atoms with Gasteiger partial charge in [0.15, 0.2) is 5.82 Å². The molecule has 1 aliphatic rings. The van der Waals surface area contributed by atoms with Crippen LogP contribution < -0.4 is 10.5 Å². The van der Waals surface area contributed by atoms with Crippen LogP contribution in [0.3, 0.4) is 0 Å². The quantitative estimate of drug-likeness (QED) is 0.943. The fraction of sp³-hybridized carbons (Fsp3) is 0.467. The summed E-state index contributed by atoms with van der Waals surface area (Å²) in [5.41, 5.74) is 6.83. The fourth-order valence-electron chi connectivity index (χ4n) is 2.53. The van der Waals surface area contributed by atoms with E-state index in [1.54, 1.807) is 0 Å². The highest BCUT2D eigenvalue weighted by Crippen LogP contribution is 2.28. The Kier molecular flexibility index (Phi) is 4.12. The molecule has 0 spiro atoms. The average Bonchev–Trinajstić information content (AvgIpc) is 2.89.